The number of fused-ring (bicyclic) bond motifs is 1. The van der Waals surface area contributed by atoms with Gasteiger partial charge in [-0.25, -0.2) is 19.1 Å². The van der Waals surface area contributed by atoms with Gasteiger partial charge in [-0.1, -0.05) is 12.1 Å². The minimum atomic E-state index is -4.51. The lowest BCUT2D eigenvalue weighted by molar-refractivity contribution is -0.153. The number of halogens is 3. The highest BCUT2D eigenvalue weighted by Gasteiger charge is 2.29. The molecule has 0 aliphatic carbocycles. The van der Waals surface area contributed by atoms with E-state index in [-0.39, 0.29) is 42.1 Å². The van der Waals surface area contributed by atoms with Gasteiger partial charge in [0, 0.05) is 25.4 Å². The molecule has 0 N–H and O–H groups in total. The van der Waals surface area contributed by atoms with Crippen LogP contribution in [0.1, 0.15) is 24.6 Å². The summed E-state index contributed by atoms with van der Waals surface area (Å²) in [5.41, 5.74) is 1.42. The lowest BCUT2D eigenvalue weighted by Crippen LogP contribution is -2.33. The Bertz CT molecular complexity index is 1310. The van der Waals surface area contributed by atoms with Gasteiger partial charge in [0.25, 0.3) is 0 Å². The van der Waals surface area contributed by atoms with E-state index in [4.69, 9.17) is 9.47 Å². The molecule has 0 aliphatic heterocycles. The topological polar surface area (TPSA) is 113 Å². The van der Waals surface area contributed by atoms with Gasteiger partial charge in [0.05, 0.1) is 46.5 Å². The summed E-state index contributed by atoms with van der Waals surface area (Å²) in [6, 6.07) is 7.55. The zero-order chi connectivity index (χ0) is 27.9. The van der Waals surface area contributed by atoms with Crippen molar-refractivity contribution in [3.8, 4) is 5.75 Å². The van der Waals surface area contributed by atoms with Crippen molar-refractivity contribution in [3.05, 3.63) is 47.8 Å². The third-order valence-electron chi connectivity index (χ3n) is 5.29. The Kier molecular flexibility index (Phi) is 9.66. The molecule has 1 unspecified atom stereocenters. The molecule has 3 rings (SSSR count). The fourth-order valence-electron chi connectivity index (χ4n) is 3.43. The summed E-state index contributed by atoms with van der Waals surface area (Å²) in [5.74, 6) is -0.235. The van der Waals surface area contributed by atoms with Gasteiger partial charge in [-0.05, 0) is 38.5 Å². The number of imidazole rings is 1. The number of rotatable bonds is 10. The lowest BCUT2D eigenvalue weighted by atomic mass is 10.2. The molecule has 2 aromatic heterocycles. The van der Waals surface area contributed by atoms with E-state index in [0.29, 0.717) is 23.0 Å². The van der Waals surface area contributed by atoms with Crippen molar-refractivity contribution in [1.82, 2.24) is 19.4 Å². The maximum atomic E-state index is 13.4. The van der Waals surface area contributed by atoms with Crippen LogP contribution >= 0.6 is 0 Å². The summed E-state index contributed by atoms with van der Waals surface area (Å²) in [5, 5.41) is -0.0337. The molecule has 38 heavy (non-hydrogen) atoms. The summed E-state index contributed by atoms with van der Waals surface area (Å²) in [6.07, 6.45) is -3.71. The van der Waals surface area contributed by atoms with E-state index in [2.05, 4.69) is 14.7 Å². The molecule has 0 aliphatic rings. The van der Waals surface area contributed by atoms with Crippen LogP contribution in [-0.2, 0) is 26.0 Å². The molecule has 0 fully saturated rings. The highest BCUT2D eigenvalue weighted by Crippen LogP contribution is 2.26. The molecule has 0 bridgehead atoms. The first-order chi connectivity index (χ1) is 18.0. The van der Waals surface area contributed by atoms with Gasteiger partial charge in [0.15, 0.2) is 6.61 Å². The molecule has 14 heteroatoms. The highest BCUT2D eigenvalue weighted by atomic mass is 32.2. The molecule has 1 atom stereocenters. The quantitative estimate of drug-likeness (QED) is 0.266. The van der Waals surface area contributed by atoms with Gasteiger partial charge in [0.1, 0.15) is 5.75 Å². The van der Waals surface area contributed by atoms with Crippen LogP contribution in [0.4, 0.5) is 22.8 Å². The largest absolute Gasteiger partial charge is 0.508 e. The monoisotopic (exact) mass is 556 g/mol. The smallest absolute Gasteiger partial charge is 0.484 e. The number of hydrogen-bond acceptors (Lipinski definition) is 8. The Morgan fingerprint density at radius 1 is 1.16 bits per heavy atom. The predicted octanol–water partition coefficient (Wildman–Crippen LogP) is 4.45. The number of nitrogens with zero attached hydrogens (tertiary/aromatic N) is 4. The zero-order valence-corrected chi connectivity index (χ0v) is 21.8. The van der Waals surface area contributed by atoms with Crippen LogP contribution in [0.25, 0.3) is 11.0 Å². The molecular weight excluding hydrogens is 529 g/mol. The number of hydrogen-bond donors (Lipinski definition) is 0. The second-order valence-corrected chi connectivity index (χ2v) is 9.43. The third-order valence-corrected chi connectivity index (χ3v) is 6.51. The maximum absolute atomic E-state index is 13.4. The minimum Gasteiger partial charge on any atom is -0.484 e. The van der Waals surface area contributed by atoms with Gasteiger partial charge in [-0.15, -0.1) is 0 Å². The fraction of sp³-hybridized carbons (Fsp3) is 0.417. The van der Waals surface area contributed by atoms with Crippen molar-refractivity contribution >= 4 is 34.0 Å². The molecular formula is C24H27F3N4O6S. The van der Waals surface area contributed by atoms with E-state index in [1.807, 2.05) is 0 Å². The number of ether oxygens (including phenoxy) is 3. The van der Waals surface area contributed by atoms with Gasteiger partial charge in [0.2, 0.25) is 5.16 Å². The van der Waals surface area contributed by atoms with Crippen LogP contribution in [0.3, 0.4) is 0 Å². The molecule has 0 radical (unpaired) electrons. The van der Waals surface area contributed by atoms with Crippen molar-refractivity contribution in [2.24, 2.45) is 0 Å². The van der Waals surface area contributed by atoms with Crippen LogP contribution in [0.15, 0.2) is 41.7 Å². The summed E-state index contributed by atoms with van der Waals surface area (Å²) in [7, 11) is -0.350. The van der Waals surface area contributed by atoms with E-state index in [0.717, 1.165) is 0 Å². The van der Waals surface area contributed by atoms with E-state index in [1.54, 1.807) is 38.2 Å². The zero-order valence-electron chi connectivity index (χ0n) is 21.0. The van der Waals surface area contributed by atoms with E-state index in [9.17, 15) is 27.0 Å². The van der Waals surface area contributed by atoms with Gasteiger partial charge < -0.3 is 19.1 Å². The number of benzene rings is 1. The van der Waals surface area contributed by atoms with Crippen molar-refractivity contribution in [2.45, 2.75) is 37.4 Å². The van der Waals surface area contributed by atoms with Gasteiger partial charge in [-0.2, -0.15) is 13.2 Å². The summed E-state index contributed by atoms with van der Waals surface area (Å²) >= 11 is 0. The van der Waals surface area contributed by atoms with Crippen LogP contribution in [-0.4, -0.2) is 75.4 Å². The average Bonchev–Trinajstić information content (AvgIpc) is 3.26. The summed E-state index contributed by atoms with van der Waals surface area (Å²) in [4.78, 5) is 34.6. The summed E-state index contributed by atoms with van der Waals surface area (Å²) < 4.78 is 66.9. The highest BCUT2D eigenvalue weighted by molar-refractivity contribution is 7.84. The summed E-state index contributed by atoms with van der Waals surface area (Å²) in [6.45, 7) is 2.15. The first-order valence-electron chi connectivity index (χ1n) is 11.6. The van der Waals surface area contributed by atoms with Crippen LogP contribution in [0, 0.1) is 6.92 Å². The molecule has 1 amide bonds. The van der Waals surface area contributed by atoms with E-state index >= 15 is 0 Å². The van der Waals surface area contributed by atoms with Crippen molar-refractivity contribution < 1.29 is 41.2 Å². The predicted molar refractivity (Wildman–Crippen MR) is 131 cm³/mol. The molecule has 0 saturated carbocycles. The Balaban J connectivity index is 1.80. The molecule has 2 heterocycles. The average molecular weight is 557 g/mol. The van der Waals surface area contributed by atoms with Gasteiger partial charge >= 0.3 is 18.4 Å². The standard InChI is InChI=1S/C24H27F3N4O6S/c1-4-35-23(33)36-13-7-12-30(3)22(32)31-19-9-6-5-8-17(19)29-21(31)38(34)14-18-16(2)20(10-11-28-18)37-15-24(25,26)27/h5-6,8-11H,4,7,12-15H2,1-3H3. The Hall–Kier alpha value is -3.68. The molecule has 1 aromatic carbocycles. The SMILES string of the molecule is CCOC(=O)OCCCN(C)C(=O)n1c(S(=O)Cc2nccc(OCC(F)(F)F)c2C)nc2ccccc21. The molecule has 206 valence electrons. The fourth-order valence-corrected chi connectivity index (χ4v) is 4.68. The van der Waals surface area contributed by atoms with Crippen LogP contribution in [0.5, 0.6) is 5.75 Å². The van der Waals surface area contributed by atoms with Crippen LogP contribution < -0.4 is 4.74 Å². The Labute approximate surface area is 219 Å². The Morgan fingerprint density at radius 3 is 2.61 bits per heavy atom. The molecule has 0 saturated heterocycles. The van der Waals surface area contributed by atoms with E-state index < -0.39 is 35.8 Å². The van der Waals surface area contributed by atoms with Crippen molar-refractivity contribution in [2.75, 3.05) is 33.4 Å². The second kappa shape index (κ2) is 12.7. The first kappa shape index (κ1) is 28.9. The first-order valence-corrected chi connectivity index (χ1v) is 12.9. The number of pyridine rings is 1. The molecule has 0 spiro atoms. The molecule has 3 aromatic rings. The van der Waals surface area contributed by atoms with Crippen LogP contribution in [0.2, 0.25) is 0 Å². The number of alkyl halides is 3. The van der Waals surface area contributed by atoms with Gasteiger partial charge in [-0.3, -0.25) is 9.19 Å². The van der Waals surface area contributed by atoms with E-state index in [1.165, 1.54) is 28.7 Å². The number of amides is 1. The number of para-hydroxylation sites is 2. The third kappa shape index (κ3) is 7.43. The Morgan fingerprint density at radius 2 is 1.89 bits per heavy atom. The second-order valence-electron chi connectivity index (χ2n) is 8.08. The number of aromatic nitrogens is 3. The number of carbonyl (C=O) groups is 2. The molecule has 10 nitrogen and oxygen atoms in total. The number of carbonyl (C=O) groups excluding carboxylic acids is 2. The maximum Gasteiger partial charge on any atom is 0.508 e. The van der Waals surface area contributed by atoms with Crippen molar-refractivity contribution in [3.63, 3.8) is 0 Å². The van der Waals surface area contributed by atoms with Crippen molar-refractivity contribution in [1.29, 1.82) is 0 Å². The minimum absolute atomic E-state index is 0.0290. The normalized spacial score (nSPS) is 12.3. The lowest BCUT2D eigenvalue weighted by Gasteiger charge is -2.19.